The summed E-state index contributed by atoms with van der Waals surface area (Å²) in [6.07, 6.45) is 0. The van der Waals surface area contributed by atoms with E-state index in [4.69, 9.17) is 4.43 Å². The van der Waals surface area contributed by atoms with Crippen LogP contribution in [-0.4, -0.2) is 15.4 Å². The van der Waals surface area contributed by atoms with Crippen molar-refractivity contribution in [3.63, 3.8) is 0 Å². The molecule has 5 heteroatoms. The highest BCUT2D eigenvalue weighted by molar-refractivity contribution is 6.73. The van der Waals surface area contributed by atoms with E-state index in [1.54, 1.807) is 7.11 Å². The second-order valence-corrected chi connectivity index (χ2v) is 8.67. The van der Waals surface area contributed by atoms with Crippen LogP contribution >= 0.6 is 0 Å². The Hall–Kier alpha value is -0.813. The summed E-state index contributed by atoms with van der Waals surface area (Å²) < 4.78 is 44.9. The van der Waals surface area contributed by atoms with Gasteiger partial charge in [-0.1, -0.05) is 13.8 Å². The van der Waals surface area contributed by atoms with Crippen molar-refractivity contribution in [1.82, 2.24) is 0 Å². The molecule has 0 atom stereocenters. The molecule has 0 radical (unpaired) electrons. The first-order valence-corrected chi connectivity index (χ1v) is 8.19. The van der Waals surface area contributed by atoms with E-state index >= 15 is 0 Å². The van der Waals surface area contributed by atoms with E-state index in [-0.39, 0.29) is 5.56 Å². The Labute approximate surface area is 101 Å². The highest BCUT2D eigenvalue weighted by Crippen LogP contribution is 2.24. The minimum atomic E-state index is -2.06. The first kappa shape index (κ1) is 14.2. The molecular weight excluding hydrogens is 245 g/mol. The molecule has 0 aliphatic rings. The Kier molecular flexibility index (Phi) is 4.77. The first-order valence-electron chi connectivity index (χ1n) is 5.66. The van der Waals surface area contributed by atoms with Crippen LogP contribution in [-0.2, 0) is 10.5 Å². The summed E-state index contributed by atoms with van der Waals surface area (Å²) in [5, 5.41) is 0. The van der Waals surface area contributed by atoms with Crippen molar-refractivity contribution in [2.45, 2.75) is 32.0 Å². The molecule has 0 unspecified atom stereocenters. The minimum Gasteiger partial charge on any atom is -0.420 e. The summed E-state index contributed by atoms with van der Waals surface area (Å²) in [6.45, 7) is 3.97. The standard InChI is InChI=1S/C12H17F3OSi/c1-4-17(5-2,16-3)8-9-6-11(14)12(15)7-10(9)13/h6-7H,4-5,8H2,1-3H3. The van der Waals surface area contributed by atoms with Crippen LogP contribution in [0.3, 0.4) is 0 Å². The molecule has 0 N–H and O–H groups in total. The summed E-state index contributed by atoms with van der Waals surface area (Å²) in [6, 6.07) is 3.55. The van der Waals surface area contributed by atoms with Crippen LogP contribution in [0.25, 0.3) is 0 Å². The van der Waals surface area contributed by atoms with Crippen LogP contribution in [0, 0.1) is 17.5 Å². The quantitative estimate of drug-likeness (QED) is 0.579. The maximum absolute atomic E-state index is 13.5. The maximum atomic E-state index is 13.5. The molecule has 1 aromatic rings. The van der Waals surface area contributed by atoms with E-state index in [1.165, 1.54) is 0 Å². The Morgan fingerprint density at radius 3 is 2.00 bits per heavy atom. The van der Waals surface area contributed by atoms with Gasteiger partial charge in [-0.15, -0.1) is 0 Å². The van der Waals surface area contributed by atoms with Crippen LogP contribution in [0.2, 0.25) is 12.1 Å². The van der Waals surface area contributed by atoms with Crippen LogP contribution in [0.4, 0.5) is 13.2 Å². The van der Waals surface area contributed by atoms with Gasteiger partial charge >= 0.3 is 0 Å². The highest BCUT2D eigenvalue weighted by Gasteiger charge is 2.31. The zero-order valence-corrected chi connectivity index (χ0v) is 11.3. The van der Waals surface area contributed by atoms with Gasteiger partial charge in [0.25, 0.3) is 0 Å². The molecule has 17 heavy (non-hydrogen) atoms. The largest absolute Gasteiger partial charge is 0.420 e. The van der Waals surface area contributed by atoms with Crippen molar-refractivity contribution in [2.75, 3.05) is 7.11 Å². The van der Waals surface area contributed by atoms with Gasteiger partial charge in [0.05, 0.1) is 0 Å². The molecule has 0 aliphatic heterocycles. The van der Waals surface area contributed by atoms with Gasteiger partial charge in [-0.3, -0.25) is 0 Å². The Balaban J connectivity index is 3.05. The third-order valence-electron chi connectivity index (χ3n) is 3.32. The van der Waals surface area contributed by atoms with Crippen molar-refractivity contribution < 1.29 is 17.6 Å². The van der Waals surface area contributed by atoms with E-state index in [1.807, 2.05) is 13.8 Å². The molecular formula is C12H17F3OSi. The van der Waals surface area contributed by atoms with Crippen molar-refractivity contribution in [3.8, 4) is 0 Å². The summed E-state index contributed by atoms with van der Waals surface area (Å²) >= 11 is 0. The van der Waals surface area contributed by atoms with Gasteiger partial charge in [0, 0.05) is 13.2 Å². The van der Waals surface area contributed by atoms with E-state index in [2.05, 4.69) is 0 Å². The van der Waals surface area contributed by atoms with E-state index in [9.17, 15) is 13.2 Å². The number of hydrogen-bond donors (Lipinski definition) is 0. The van der Waals surface area contributed by atoms with Crippen LogP contribution in [0.15, 0.2) is 12.1 Å². The molecule has 1 rings (SSSR count). The fraction of sp³-hybridized carbons (Fsp3) is 0.500. The number of rotatable bonds is 5. The third-order valence-corrected chi connectivity index (χ3v) is 7.79. The van der Waals surface area contributed by atoms with Gasteiger partial charge in [0.15, 0.2) is 20.0 Å². The smallest absolute Gasteiger partial charge is 0.196 e. The topological polar surface area (TPSA) is 9.23 Å². The second-order valence-electron chi connectivity index (χ2n) is 4.13. The molecule has 1 aromatic carbocycles. The van der Waals surface area contributed by atoms with Crippen molar-refractivity contribution in [3.05, 3.63) is 35.1 Å². The van der Waals surface area contributed by atoms with Crippen molar-refractivity contribution >= 4 is 8.32 Å². The molecule has 0 heterocycles. The molecule has 1 nitrogen and oxygen atoms in total. The van der Waals surface area contributed by atoms with Gasteiger partial charge in [-0.05, 0) is 29.8 Å². The first-order chi connectivity index (χ1) is 7.98. The lowest BCUT2D eigenvalue weighted by Gasteiger charge is -2.27. The summed E-state index contributed by atoms with van der Waals surface area (Å²) in [7, 11) is -0.451. The van der Waals surface area contributed by atoms with E-state index in [0.29, 0.717) is 12.1 Å². The van der Waals surface area contributed by atoms with Gasteiger partial charge < -0.3 is 4.43 Å². The SMILES string of the molecule is CC[Si](CC)(Cc1cc(F)c(F)cc1F)OC. The van der Waals surface area contributed by atoms with Crippen molar-refractivity contribution in [1.29, 1.82) is 0 Å². The Morgan fingerprint density at radius 2 is 1.53 bits per heavy atom. The van der Waals surface area contributed by atoms with Gasteiger partial charge in [0.2, 0.25) is 0 Å². The predicted octanol–water partition coefficient (Wildman–Crippen LogP) is 3.82. The van der Waals surface area contributed by atoms with Crippen LogP contribution < -0.4 is 0 Å². The van der Waals surface area contributed by atoms with Crippen molar-refractivity contribution in [2.24, 2.45) is 0 Å². The molecule has 0 aromatic heterocycles. The normalized spacial score (nSPS) is 11.9. The Bertz CT molecular complexity index is 383. The second kappa shape index (κ2) is 5.69. The number of benzene rings is 1. The van der Waals surface area contributed by atoms with Crippen LogP contribution in [0.1, 0.15) is 19.4 Å². The fourth-order valence-corrected chi connectivity index (χ4v) is 4.59. The fourth-order valence-electron chi connectivity index (χ4n) is 1.91. The lowest BCUT2D eigenvalue weighted by molar-refractivity contribution is 0.390. The molecule has 0 aliphatic carbocycles. The Morgan fingerprint density at radius 1 is 1.00 bits per heavy atom. The van der Waals surface area contributed by atoms with Gasteiger partial charge in [-0.25, -0.2) is 13.2 Å². The lowest BCUT2D eigenvalue weighted by atomic mass is 10.2. The monoisotopic (exact) mass is 262 g/mol. The third kappa shape index (κ3) is 3.10. The molecule has 0 saturated carbocycles. The minimum absolute atomic E-state index is 0.209. The molecule has 0 bridgehead atoms. The van der Waals surface area contributed by atoms with E-state index in [0.717, 1.165) is 18.2 Å². The van der Waals surface area contributed by atoms with Crippen LogP contribution in [0.5, 0.6) is 0 Å². The van der Waals surface area contributed by atoms with Gasteiger partial charge in [0.1, 0.15) is 5.82 Å². The average Bonchev–Trinajstić information content (AvgIpc) is 2.33. The highest BCUT2D eigenvalue weighted by atomic mass is 28.4. The molecule has 0 amide bonds. The molecule has 96 valence electrons. The molecule has 0 spiro atoms. The predicted molar refractivity (Wildman–Crippen MR) is 63.7 cm³/mol. The summed E-state index contributed by atoms with van der Waals surface area (Å²) in [4.78, 5) is 0. The average molecular weight is 262 g/mol. The number of hydrogen-bond acceptors (Lipinski definition) is 1. The zero-order chi connectivity index (χ0) is 13.1. The summed E-state index contributed by atoms with van der Waals surface area (Å²) in [5.41, 5.74) is 0.209. The zero-order valence-electron chi connectivity index (χ0n) is 10.3. The molecule has 0 fully saturated rings. The summed E-state index contributed by atoms with van der Waals surface area (Å²) in [5.74, 6) is -2.85. The maximum Gasteiger partial charge on any atom is 0.196 e. The lowest BCUT2D eigenvalue weighted by Crippen LogP contribution is -2.39. The number of halogens is 3. The molecule has 0 saturated heterocycles. The van der Waals surface area contributed by atoms with Gasteiger partial charge in [-0.2, -0.15) is 0 Å². The van der Waals surface area contributed by atoms with E-state index < -0.39 is 25.8 Å².